The van der Waals surface area contributed by atoms with Crippen molar-refractivity contribution < 1.29 is 14.4 Å². The molecule has 6 heteroatoms. The Bertz CT molecular complexity index is 655. The second kappa shape index (κ2) is 34.3. The molecular weight excluding hydrogens is 546 g/mol. The predicted octanol–water partition coefficient (Wildman–Crippen LogP) is 10.0. The van der Waals surface area contributed by atoms with Gasteiger partial charge in [0.05, 0.1) is 0 Å². The molecule has 0 atom stereocenters. The number of hydrogen-bond acceptors (Lipinski definition) is 3. The Morgan fingerprint density at radius 2 is 0.750 bits per heavy atom. The van der Waals surface area contributed by atoms with Gasteiger partial charge in [-0.1, -0.05) is 168 Å². The lowest BCUT2D eigenvalue weighted by molar-refractivity contribution is -0.132. The molecule has 0 spiro atoms. The molecule has 0 saturated heterocycles. The number of carbonyl (C=O) groups is 3. The van der Waals surface area contributed by atoms with E-state index >= 15 is 0 Å². The third kappa shape index (κ3) is 31.8. The van der Waals surface area contributed by atoms with Crippen LogP contribution in [0.5, 0.6) is 0 Å². The third-order valence-corrected chi connectivity index (χ3v) is 8.81. The van der Waals surface area contributed by atoms with Crippen LogP contribution in [0.15, 0.2) is 0 Å². The molecule has 0 aliphatic rings. The van der Waals surface area contributed by atoms with E-state index in [1.165, 1.54) is 148 Å². The topological polar surface area (TPSA) is 78.5 Å². The SMILES string of the molecule is CCCCCCCCCCCCCCCC(=O)NCCN(CCNC(C)=O)C(=O)CCCCCCCCCCCCCCC. The number of unbranched alkanes of at least 4 members (excludes halogenated alkanes) is 24. The summed E-state index contributed by atoms with van der Waals surface area (Å²) in [5, 5.41) is 5.80. The standard InChI is InChI=1S/C38H75N3O3/c1-4-6-8-10-12-14-16-18-20-22-24-26-28-30-37(43)40-33-35-41(34-32-39-36(3)42)38(44)31-29-27-25-23-21-19-17-15-13-11-9-7-5-2/h4-35H2,1-3H3,(H,39,42)(H,40,43). The minimum atomic E-state index is -0.0833. The predicted molar refractivity (Wildman–Crippen MR) is 189 cm³/mol. The first-order valence-corrected chi connectivity index (χ1v) is 19.3. The van der Waals surface area contributed by atoms with Crippen LogP contribution in [0, 0.1) is 0 Å². The molecule has 0 rings (SSSR count). The molecule has 44 heavy (non-hydrogen) atoms. The molecule has 0 unspecified atom stereocenters. The molecule has 0 heterocycles. The van der Waals surface area contributed by atoms with E-state index in [1.54, 1.807) is 0 Å². The summed E-state index contributed by atoms with van der Waals surface area (Å²) in [5.41, 5.74) is 0. The Hall–Kier alpha value is -1.59. The minimum Gasteiger partial charge on any atom is -0.355 e. The molecule has 260 valence electrons. The highest BCUT2D eigenvalue weighted by atomic mass is 16.2. The van der Waals surface area contributed by atoms with Gasteiger partial charge in [-0.25, -0.2) is 0 Å². The molecule has 6 nitrogen and oxygen atoms in total. The van der Waals surface area contributed by atoms with Gasteiger partial charge in [0.25, 0.3) is 0 Å². The molecule has 2 N–H and O–H groups in total. The third-order valence-electron chi connectivity index (χ3n) is 8.81. The molecular formula is C38H75N3O3. The van der Waals surface area contributed by atoms with Crippen LogP contribution in [0.4, 0.5) is 0 Å². The quantitative estimate of drug-likeness (QED) is 0.0702. The highest BCUT2D eigenvalue weighted by Gasteiger charge is 2.13. The minimum absolute atomic E-state index is 0.0822. The van der Waals surface area contributed by atoms with Crippen molar-refractivity contribution in [3.05, 3.63) is 0 Å². The van der Waals surface area contributed by atoms with Crippen molar-refractivity contribution >= 4 is 17.7 Å². The lowest BCUT2D eigenvalue weighted by Gasteiger charge is -2.23. The van der Waals surface area contributed by atoms with E-state index in [1.807, 2.05) is 4.90 Å². The molecule has 0 fully saturated rings. The zero-order valence-corrected chi connectivity index (χ0v) is 29.8. The molecule has 0 aromatic heterocycles. The number of nitrogens with one attached hydrogen (secondary N) is 2. The van der Waals surface area contributed by atoms with Gasteiger partial charge in [-0.3, -0.25) is 14.4 Å². The molecule has 0 aromatic rings. The first kappa shape index (κ1) is 42.4. The van der Waals surface area contributed by atoms with E-state index in [4.69, 9.17) is 0 Å². The maximum absolute atomic E-state index is 12.9. The molecule has 0 saturated carbocycles. The van der Waals surface area contributed by atoms with Gasteiger partial charge in [-0.15, -0.1) is 0 Å². The van der Waals surface area contributed by atoms with Crippen LogP contribution in [-0.4, -0.2) is 48.8 Å². The van der Waals surface area contributed by atoms with Crippen LogP contribution in [0.3, 0.4) is 0 Å². The first-order valence-electron chi connectivity index (χ1n) is 19.3. The highest BCUT2D eigenvalue weighted by Crippen LogP contribution is 2.14. The Kier molecular flexibility index (Phi) is 33.0. The number of nitrogens with zero attached hydrogens (tertiary/aromatic N) is 1. The lowest BCUT2D eigenvalue weighted by Crippen LogP contribution is -2.42. The maximum atomic E-state index is 12.9. The Balaban J connectivity index is 3.90. The van der Waals surface area contributed by atoms with E-state index in [-0.39, 0.29) is 17.7 Å². The van der Waals surface area contributed by atoms with Crippen molar-refractivity contribution in [2.75, 3.05) is 26.2 Å². The van der Waals surface area contributed by atoms with Gasteiger partial charge in [0.15, 0.2) is 0 Å². The summed E-state index contributed by atoms with van der Waals surface area (Å²) >= 11 is 0. The van der Waals surface area contributed by atoms with Crippen molar-refractivity contribution in [3.63, 3.8) is 0 Å². The summed E-state index contributed by atoms with van der Waals surface area (Å²) in [6.45, 7) is 7.95. The van der Waals surface area contributed by atoms with Gasteiger partial charge >= 0.3 is 0 Å². The summed E-state index contributed by atoms with van der Waals surface area (Å²) in [7, 11) is 0. The molecule has 3 amide bonds. The molecule has 0 bridgehead atoms. The second-order valence-corrected chi connectivity index (χ2v) is 13.2. The molecule has 0 aliphatic heterocycles. The van der Waals surface area contributed by atoms with E-state index in [0.717, 1.165) is 25.7 Å². The lowest BCUT2D eigenvalue weighted by atomic mass is 10.0. The second-order valence-electron chi connectivity index (χ2n) is 13.2. The summed E-state index contributed by atoms with van der Waals surface area (Å²) in [6.07, 6.45) is 34.8. The summed E-state index contributed by atoms with van der Waals surface area (Å²) in [5.74, 6) is 0.128. The maximum Gasteiger partial charge on any atom is 0.222 e. The van der Waals surface area contributed by atoms with E-state index in [9.17, 15) is 14.4 Å². The summed E-state index contributed by atoms with van der Waals surface area (Å²) in [6, 6.07) is 0. The van der Waals surface area contributed by atoms with E-state index in [2.05, 4.69) is 24.5 Å². The Morgan fingerprint density at radius 3 is 1.11 bits per heavy atom. The fourth-order valence-corrected chi connectivity index (χ4v) is 5.90. The number of amides is 3. The van der Waals surface area contributed by atoms with Crippen molar-refractivity contribution in [2.45, 2.75) is 201 Å². The van der Waals surface area contributed by atoms with Crippen LogP contribution in [0.1, 0.15) is 201 Å². The van der Waals surface area contributed by atoms with Crippen LogP contribution in [-0.2, 0) is 14.4 Å². The normalized spacial score (nSPS) is 11.1. The first-order chi connectivity index (χ1) is 21.5. The fraction of sp³-hybridized carbons (Fsp3) is 0.921. The fourth-order valence-electron chi connectivity index (χ4n) is 5.90. The Labute approximate surface area is 274 Å². The summed E-state index contributed by atoms with van der Waals surface area (Å²) < 4.78 is 0. The van der Waals surface area contributed by atoms with E-state index in [0.29, 0.717) is 39.0 Å². The van der Waals surface area contributed by atoms with Crippen LogP contribution in [0.25, 0.3) is 0 Å². The van der Waals surface area contributed by atoms with Crippen molar-refractivity contribution in [1.82, 2.24) is 15.5 Å². The van der Waals surface area contributed by atoms with Crippen molar-refractivity contribution in [3.8, 4) is 0 Å². The monoisotopic (exact) mass is 622 g/mol. The number of rotatable bonds is 34. The van der Waals surface area contributed by atoms with Gasteiger partial charge in [0.2, 0.25) is 17.7 Å². The van der Waals surface area contributed by atoms with Crippen LogP contribution < -0.4 is 10.6 Å². The van der Waals surface area contributed by atoms with Crippen LogP contribution in [0.2, 0.25) is 0 Å². The van der Waals surface area contributed by atoms with E-state index < -0.39 is 0 Å². The average Bonchev–Trinajstić information content (AvgIpc) is 3.00. The molecule has 0 aliphatic carbocycles. The van der Waals surface area contributed by atoms with Crippen molar-refractivity contribution in [2.24, 2.45) is 0 Å². The summed E-state index contributed by atoms with van der Waals surface area (Å²) in [4.78, 5) is 38.4. The number of hydrogen-bond donors (Lipinski definition) is 2. The number of carbonyl (C=O) groups excluding carboxylic acids is 3. The largest absolute Gasteiger partial charge is 0.355 e. The Morgan fingerprint density at radius 1 is 0.432 bits per heavy atom. The average molecular weight is 622 g/mol. The van der Waals surface area contributed by atoms with Gasteiger partial charge in [-0.2, -0.15) is 0 Å². The van der Waals surface area contributed by atoms with Gasteiger partial charge in [0.1, 0.15) is 0 Å². The van der Waals surface area contributed by atoms with Crippen LogP contribution >= 0.6 is 0 Å². The molecule has 0 aromatic carbocycles. The van der Waals surface area contributed by atoms with Gasteiger partial charge in [0, 0.05) is 45.9 Å². The highest BCUT2D eigenvalue weighted by molar-refractivity contribution is 5.77. The zero-order valence-electron chi connectivity index (χ0n) is 29.8. The van der Waals surface area contributed by atoms with Gasteiger partial charge in [-0.05, 0) is 12.8 Å². The van der Waals surface area contributed by atoms with Gasteiger partial charge < -0.3 is 15.5 Å². The smallest absolute Gasteiger partial charge is 0.222 e. The van der Waals surface area contributed by atoms with Crippen molar-refractivity contribution in [1.29, 1.82) is 0 Å². The molecule has 0 radical (unpaired) electrons. The zero-order chi connectivity index (χ0) is 32.4.